The van der Waals surface area contributed by atoms with Crippen LogP contribution in [-0.4, -0.2) is 41.2 Å². The number of aromatic amines is 1. The van der Waals surface area contributed by atoms with Crippen molar-refractivity contribution < 1.29 is 4.39 Å². The van der Waals surface area contributed by atoms with Crippen LogP contribution < -0.4 is 5.32 Å². The summed E-state index contributed by atoms with van der Waals surface area (Å²) in [6, 6.07) is 8.92. The van der Waals surface area contributed by atoms with Crippen molar-refractivity contribution in [3.63, 3.8) is 0 Å². The van der Waals surface area contributed by atoms with Gasteiger partial charge in [-0.25, -0.2) is 19.3 Å². The van der Waals surface area contributed by atoms with E-state index in [1.807, 2.05) is 30.6 Å². The van der Waals surface area contributed by atoms with Crippen molar-refractivity contribution in [2.24, 2.45) is 0 Å². The zero-order chi connectivity index (χ0) is 21.7. The topological polar surface area (TPSA) is 97.2 Å². The average Bonchev–Trinajstić information content (AvgIpc) is 3.48. The van der Waals surface area contributed by atoms with Gasteiger partial charge in [0.05, 0.1) is 46.6 Å². The Bertz CT molecular complexity index is 1470. The lowest BCUT2D eigenvalue weighted by Crippen LogP contribution is -2.28. The summed E-state index contributed by atoms with van der Waals surface area (Å²) in [7, 11) is 0. The molecule has 0 fully saturated rings. The molecule has 0 saturated heterocycles. The van der Waals surface area contributed by atoms with E-state index in [0.29, 0.717) is 17.1 Å². The van der Waals surface area contributed by atoms with Crippen molar-refractivity contribution in [3.05, 3.63) is 66.3 Å². The molecule has 0 spiro atoms. The first kappa shape index (κ1) is 18.8. The number of hydrogen-bond donors (Lipinski definition) is 2. The van der Waals surface area contributed by atoms with Crippen LogP contribution in [0.25, 0.3) is 44.9 Å². The molecule has 0 saturated carbocycles. The first-order valence-corrected chi connectivity index (χ1v) is 10.4. The second kappa shape index (κ2) is 7.31. The van der Waals surface area contributed by atoms with Crippen LogP contribution in [0, 0.1) is 12.7 Å². The van der Waals surface area contributed by atoms with Gasteiger partial charge in [-0.2, -0.15) is 5.10 Å². The van der Waals surface area contributed by atoms with Gasteiger partial charge >= 0.3 is 0 Å². The van der Waals surface area contributed by atoms with Crippen molar-refractivity contribution in [3.8, 4) is 33.9 Å². The standard InChI is InChI=1S/C23H19FN8/c1-13-16(24)2-3-19(29-13)23-15(10-28-31-23)17-4-5-18-20(30-17)8-14(9-26-18)21-11-27-22-12-25-6-7-32(21)22/h2-5,8-11,25H,6-7,12H2,1H3,(H,28,31). The monoisotopic (exact) mass is 426 g/mol. The summed E-state index contributed by atoms with van der Waals surface area (Å²) >= 11 is 0. The molecule has 1 aliphatic heterocycles. The lowest BCUT2D eigenvalue weighted by Gasteiger charge is -2.17. The van der Waals surface area contributed by atoms with Gasteiger partial charge in [0.15, 0.2) is 0 Å². The van der Waals surface area contributed by atoms with Crippen LogP contribution in [0.5, 0.6) is 0 Å². The molecule has 0 bridgehead atoms. The van der Waals surface area contributed by atoms with E-state index in [4.69, 9.17) is 4.98 Å². The predicted molar refractivity (Wildman–Crippen MR) is 118 cm³/mol. The third-order valence-corrected chi connectivity index (χ3v) is 5.75. The fourth-order valence-electron chi connectivity index (χ4n) is 4.08. The fraction of sp³-hybridized carbons (Fsp3) is 0.174. The maximum atomic E-state index is 13.7. The van der Waals surface area contributed by atoms with E-state index >= 15 is 0 Å². The van der Waals surface area contributed by atoms with Gasteiger partial charge in [0, 0.05) is 36.6 Å². The van der Waals surface area contributed by atoms with Crippen LogP contribution in [0.1, 0.15) is 11.5 Å². The Kier molecular flexibility index (Phi) is 4.29. The number of pyridine rings is 3. The lowest BCUT2D eigenvalue weighted by atomic mass is 10.1. The minimum absolute atomic E-state index is 0.330. The molecule has 5 aromatic heterocycles. The summed E-state index contributed by atoms with van der Waals surface area (Å²) in [5.74, 6) is 0.685. The van der Waals surface area contributed by atoms with Crippen LogP contribution in [0.2, 0.25) is 0 Å². The van der Waals surface area contributed by atoms with Crippen LogP contribution >= 0.6 is 0 Å². The van der Waals surface area contributed by atoms with Crippen molar-refractivity contribution in [2.45, 2.75) is 20.0 Å². The van der Waals surface area contributed by atoms with Gasteiger partial charge in [-0.3, -0.25) is 10.1 Å². The van der Waals surface area contributed by atoms with Gasteiger partial charge in [-0.05, 0) is 37.3 Å². The Morgan fingerprint density at radius 1 is 1.00 bits per heavy atom. The molecule has 0 aromatic carbocycles. The molecule has 6 rings (SSSR count). The first-order chi connectivity index (χ1) is 15.7. The van der Waals surface area contributed by atoms with E-state index in [2.05, 4.69) is 35.0 Å². The van der Waals surface area contributed by atoms with Gasteiger partial charge < -0.3 is 9.88 Å². The van der Waals surface area contributed by atoms with Gasteiger partial charge in [-0.1, -0.05) is 0 Å². The molecule has 0 aliphatic carbocycles. The van der Waals surface area contributed by atoms with E-state index in [0.717, 1.165) is 59.0 Å². The number of aromatic nitrogens is 7. The van der Waals surface area contributed by atoms with Gasteiger partial charge in [0.2, 0.25) is 0 Å². The predicted octanol–water partition coefficient (Wildman–Crippen LogP) is 3.50. The quantitative estimate of drug-likeness (QED) is 0.458. The van der Waals surface area contributed by atoms with Crippen molar-refractivity contribution in [2.75, 3.05) is 6.54 Å². The highest BCUT2D eigenvalue weighted by Gasteiger charge is 2.17. The number of halogens is 1. The molecule has 2 N–H and O–H groups in total. The Morgan fingerprint density at radius 2 is 1.91 bits per heavy atom. The smallest absolute Gasteiger partial charge is 0.144 e. The minimum atomic E-state index is -0.342. The molecule has 0 amide bonds. The summed E-state index contributed by atoms with van der Waals surface area (Å²) in [6.45, 7) is 4.19. The summed E-state index contributed by atoms with van der Waals surface area (Å²) in [4.78, 5) is 18.3. The molecule has 1 aliphatic rings. The highest BCUT2D eigenvalue weighted by Crippen LogP contribution is 2.30. The van der Waals surface area contributed by atoms with Crippen LogP contribution in [0.15, 0.2) is 48.9 Å². The van der Waals surface area contributed by atoms with Crippen LogP contribution in [-0.2, 0) is 13.1 Å². The zero-order valence-corrected chi connectivity index (χ0v) is 17.3. The fourth-order valence-corrected chi connectivity index (χ4v) is 4.08. The highest BCUT2D eigenvalue weighted by atomic mass is 19.1. The summed E-state index contributed by atoms with van der Waals surface area (Å²) in [5, 5.41) is 10.6. The molecule has 0 atom stereocenters. The molecule has 6 heterocycles. The van der Waals surface area contributed by atoms with Crippen LogP contribution in [0.4, 0.5) is 4.39 Å². The number of nitrogens with one attached hydrogen (secondary N) is 2. The minimum Gasteiger partial charge on any atom is -0.326 e. The number of imidazole rings is 1. The van der Waals surface area contributed by atoms with Crippen LogP contribution in [0.3, 0.4) is 0 Å². The highest BCUT2D eigenvalue weighted by molar-refractivity contribution is 5.84. The van der Waals surface area contributed by atoms with Crippen molar-refractivity contribution in [1.29, 1.82) is 0 Å². The van der Waals surface area contributed by atoms with E-state index in [-0.39, 0.29) is 5.82 Å². The van der Waals surface area contributed by atoms with Crippen molar-refractivity contribution in [1.82, 2.24) is 40.0 Å². The third-order valence-electron chi connectivity index (χ3n) is 5.75. The largest absolute Gasteiger partial charge is 0.326 e. The van der Waals surface area contributed by atoms with E-state index in [1.165, 1.54) is 6.07 Å². The number of nitrogens with zero attached hydrogens (tertiary/aromatic N) is 6. The molecular formula is C23H19FN8. The Morgan fingerprint density at radius 3 is 2.81 bits per heavy atom. The van der Waals surface area contributed by atoms with E-state index in [1.54, 1.807) is 19.2 Å². The SMILES string of the molecule is Cc1nc(-c2n[nH]cc2-c2ccc3ncc(-c4cnc5n4CCNC5)cc3n2)ccc1F. The average molecular weight is 426 g/mol. The molecular weight excluding hydrogens is 407 g/mol. The van der Waals surface area contributed by atoms with E-state index < -0.39 is 0 Å². The summed E-state index contributed by atoms with van der Waals surface area (Å²) < 4.78 is 15.9. The van der Waals surface area contributed by atoms with Gasteiger partial charge in [0.25, 0.3) is 0 Å². The van der Waals surface area contributed by atoms with Gasteiger partial charge in [0.1, 0.15) is 17.3 Å². The van der Waals surface area contributed by atoms with Crippen molar-refractivity contribution >= 4 is 11.0 Å². The summed E-state index contributed by atoms with van der Waals surface area (Å²) in [6.07, 6.45) is 5.54. The molecule has 0 unspecified atom stereocenters. The number of H-pyrrole nitrogens is 1. The zero-order valence-electron chi connectivity index (χ0n) is 17.3. The molecule has 5 aromatic rings. The molecule has 32 heavy (non-hydrogen) atoms. The second-order valence-electron chi connectivity index (χ2n) is 7.76. The molecule has 8 nitrogen and oxygen atoms in total. The Hall–Kier alpha value is -3.98. The molecule has 0 radical (unpaired) electrons. The Balaban J connectivity index is 1.43. The number of aryl methyl sites for hydroxylation is 1. The normalized spacial score (nSPS) is 13.4. The van der Waals surface area contributed by atoms with Gasteiger partial charge in [-0.15, -0.1) is 0 Å². The second-order valence-corrected chi connectivity index (χ2v) is 7.76. The lowest BCUT2D eigenvalue weighted by molar-refractivity contribution is 0.508. The molecule has 158 valence electrons. The number of hydrogen-bond acceptors (Lipinski definition) is 6. The Labute approximate surface area is 182 Å². The van der Waals surface area contributed by atoms with E-state index in [9.17, 15) is 4.39 Å². The number of fused-ring (bicyclic) bond motifs is 2. The third kappa shape index (κ3) is 3.05. The maximum Gasteiger partial charge on any atom is 0.144 e. The number of rotatable bonds is 3. The molecule has 9 heteroatoms. The summed E-state index contributed by atoms with van der Waals surface area (Å²) in [5.41, 5.74) is 6.68. The first-order valence-electron chi connectivity index (χ1n) is 10.4. The maximum absolute atomic E-state index is 13.7.